The molecule has 0 aliphatic carbocycles. The fourth-order valence-corrected chi connectivity index (χ4v) is 5.37. The van der Waals surface area contributed by atoms with Crippen molar-refractivity contribution in [2.45, 2.75) is 59.0 Å². The summed E-state index contributed by atoms with van der Waals surface area (Å²) >= 11 is 6.17. The average molecular weight is 580 g/mol. The fraction of sp³-hybridized carbons (Fsp3) is 0.469. The second-order valence-corrected chi connectivity index (χ2v) is 11.0. The monoisotopic (exact) mass is 579 g/mol. The SMILES string of the molecule is CCN(CC)CCCCC(=O)OCc1cc(NC(=O)CN2CCCCC2)cc(Nc2ccnc3cc(Cl)ccc23)c1. The lowest BCUT2D eigenvalue weighted by Gasteiger charge is -2.25. The third kappa shape index (κ3) is 9.69. The van der Waals surface area contributed by atoms with Crippen LogP contribution >= 0.6 is 11.6 Å². The molecule has 0 radical (unpaired) electrons. The number of esters is 1. The van der Waals surface area contributed by atoms with Crippen LogP contribution in [0.4, 0.5) is 17.1 Å². The van der Waals surface area contributed by atoms with Gasteiger partial charge >= 0.3 is 5.97 Å². The molecule has 220 valence electrons. The summed E-state index contributed by atoms with van der Waals surface area (Å²) in [7, 11) is 0. The minimum absolute atomic E-state index is 0.0517. The number of likely N-dealkylation sites (tertiary alicyclic amines) is 1. The van der Waals surface area contributed by atoms with Crippen LogP contribution in [0.15, 0.2) is 48.7 Å². The van der Waals surface area contributed by atoms with Crippen molar-refractivity contribution < 1.29 is 14.3 Å². The quantitative estimate of drug-likeness (QED) is 0.164. The first-order chi connectivity index (χ1) is 19.9. The number of amides is 1. The van der Waals surface area contributed by atoms with Crippen LogP contribution in [-0.2, 0) is 20.9 Å². The average Bonchev–Trinajstić information content (AvgIpc) is 2.96. The number of nitrogens with one attached hydrogen (secondary N) is 2. The first-order valence-electron chi connectivity index (χ1n) is 14.8. The number of aromatic nitrogens is 1. The maximum atomic E-state index is 12.9. The van der Waals surface area contributed by atoms with E-state index in [1.54, 1.807) is 6.20 Å². The number of nitrogens with zero attached hydrogens (tertiary/aromatic N) is 3. The molecule has 41 heavy (non-hydrogen) atoms. The van der Waals surface area contributed by atoms with Crippen LogP contribution < -0.4 is 10.6 Å². The topological polar surface area (TPSA) is 86.8 Å². The van der Waals surface area contributed by atoms with Crippen LogP contribution in [0.25, 0.3) is 10.9 Å². The molecule has 2 N–H and O–H groups in total. The molecule has 1 aliphatic rings. The second kappa shape index (κ2) is 15.7. The normalized spacial score (nSPS) is 13.9. The summed E-state index contributed by atoms with van der Waals surface area (Å²) < 4.78 is 5.63. The van der Waals surface area contributed by atoms with Crippen molar-refractivity contribution in [3.05, 3.63) is 59.2 Å². The lowest BCUT2D eigenvalue weighted by molar-refractivity contribution is -0.145. The third-order valence-corrected chi connectivity index (χ3v) is 7.71. The number of carbonyl (C=O) groups excluding carboxylic acids is 2. The van der Waals surface area contributed by atoms with E-state index in [9.17, 15) is 9.59 Å². The number of benzene rings is 2. The number of piperidine rings is 1. The molecule has 1 amide bonds. The third-order valence-electron chi connectivity index (χ3n) is 7.48. The van der Waals surface area contributed by atoms with Crippen molar-refractivity contribution >= 4 is 51.4 Å². The number of anilines is 3. The van der Waals surface area contributed by atoms with Crippen LogP contribution in [0.5, 0.6) is 0 Å². The maximum absolute atomic E-state index is 12.9. The van der Waals surface area contributed by atoms with Crippen molar-refractivity contribution in [3.63, 3.8) is 0 Å². The molecule has 8 nitrogen and oxygen atoms in total. The van der Waals surface area contributed by atoms with Gasteiger partial charge in [0, 0.05) is 40.1 Å². The Kier molecular flexibility index (Phi) is 11.8. The largest absolute Gasteiger partial charge is 0.461 e. The van der Waals surface area contributed by atoms with Crippen molar-refractivity contribution in [3.8, 4) is 0 Å². The molecule has 0 atom stereocenters. The van der Waals surface area contributed by atoms with Crippen LogP contribution in [0.3, 0.4) is 0 Å². The Morgan fingerprint density at radius 1 is 1.00 bits per heavy atom. The van der Waals surface area contributed by atoms with E-state index in [1.807, 2.05) is 42.5 Å². The summed E-state index contributed by atoms with van der Waals surface area (Å²) in [6.07, 6.45) is 7.37. The molecule has 1 saturated heterocycles. The zero-order valence-electron chi connectivity index (χ0n) is 24.3. The summed E-state index contributed by atoms with van der Waals surface area (Å²) in [5, 5.41) is 8.07. The van der Waals surface area contributed by atoms with Crippen molar-refractivity contribution in [2.75, 3.05) is 49.9 Å². The van der Waals surface area contributed by atoms with Gasteiger partial charge in [0.05, 0.1) is 12.1 Å². The number of rotatable bonds is 14. The minimum Gasteiger partial charge on any atom is -0.461 e. The Morgan fingerprint density at radius 3 is 2.56 bits per heavy atom. The molecule has 3 aromatic rings. The molecule has 9 heteroatoms. The zero-order valence-corrected chi connectivity index (χ0v) is 25.0. The summed E-state index contributed by atoms with van der Waals surface area (Å²) in [6, 6.07) is 13.2. The molecule has 2 heterocycles. The van der Waals surface area contributed by atoms with Gasteiger partial charge in [-0.05, 0) is 106 Å². The summed E-state index contributed by atoms with van der Waals surface area (Å²) in [5.74, 6) is -0.264. The number of hydrogen-bond acceptors (Lipinski definition) is 7. The lowest BCUT2D eigenvalue weighted by atomic mass is 10.1. The Bertz CT molecular complexity index is 1310. The van der Waals surface area contributed by atoms with E-state index < -0.39 is 0 Å². The van der Waals surface area contributed by atoms with E-state index in [2.05, 4.69) is 39.3 Å². The van der Waals surface area contributed by atoms with Gasteiger partial charge in [-0.2, -0.15) is 0 Å². The van der Waals surface area contributed by atoms with Crippen LogP contribution in [0.2, 0.25) is 5.02 Å². The van der Waals surface area contributed by atoms with Crippen LogP contribution in [-0.4, -0.2) is 65.9 Å². The van der Waals surface area contributed by atoms with E-state index in [1.165, 1.54) is 6.42 Å². The Morgan fingerprint density at radius 2 is 1.78 bits per heavy atom. The zero-order chi connectivity index (χ0) is 29.0. The van der Waals surface area contributed by atoms with Gasteiger partial charge in [0.1, 0.15) is 6.61 Å². The Labute approximate surface area is 248 Å². The number of halogens is 1. The molecule has 0 bridgehead atoms. The van der Waals surface area contributed by atoms with Crippen molar-refractivity contribution in [2.24, 2.45) is 0 Å². The van der Waals surface area contributed by atoms with Gasteiger partial charge < -0.3 is 20.3 Å². The highest BCUT2D eigenvalue weighted by Crippen LogP contribution is 2.29. The number of unbranched alkanes of at least 4 members (excludes halogenated alkanes) is 1. The standard InChI is InChI=1S/C32H42ClN5O3/c1-3-37(4-2)15-9-6-10-32(40)41-23-24-18-26(35-29-13-14-34-30-20-25(33)11-12-28(29)30)21-27(19-24)36-31(39)22-38-16-7-5-8-17-38/h11-14,18-21H,3-10,15-17,22-23H2,1-2H3,(H,34,35)(H,36,39). The van der Waals surface area contributed by atoms with E-state index in [-0.39, 0.29) is 18.5 Å². The maximum Gasteiger partial charge on any atom is 0.306 e. The minimum atomic E-state index is -0.212. The van der Waals surface area contributed by atoms with E-state index >= 15 is 0 Å². The molecule has 1 aliphatic heterocycles. The number of ether oxygens (including phenoxy) is 1. The molecule has 0 unspecified atom stereocenters. The molecule has 1 fully saturated rings. The van der Waals surface area contributed by atoms with Gasteiger partial charge in [0.25, 0.3) is 0 Å². The highest BCUT2D eigenvalue weighted by atomic mass is 35.5. The smallest absolute Gasteiger partial charge is 0.306 e. The first-order valence-corrected chi connectivity index (χ1v) is 15.2. The van der Waals surface area contributed by atoms with Gasteiger partial charge in [-0.1, -0.05) is 31.9 Å². The van der Waals surface area contributed by atoms with Gasteiger partial charge in [-0.15, -0.1) is 0 Å². The number of fused-ring (bicyclic) bond motifs is 1. The van der Waals surface area contributed by atoms with Crippen LogP contribution in [0, 0.1) is 0 Å². The van der Waals surface area contributed by atoms with Gasteiger partial charge in [0.15, 0.2) is 0 Å². The molecule has 4 rings (SSSR count). The van der Waals surface area contributed by atoms with Gasteiger partial charge in [-0.25, -0.2) is 0 Å². The summed E-state index contributed by atoms with van der Waals surface area (Å²) in [5.41, 5.74) is 3.86. The van der Waals surface area contributed by atoms with Crippen molar-refractivity contribution in [1.82, 2.24) is 14.8 Å². The highest BCUT2D eigenvalue weighted by Gasteiger charge is 2.15. The van der Waals surface area contributed by atoms with Gasteiger partial charge in [-0.3, -0.25) is 19.5 Å². The predicted molar refractivity (Wildman–Crippen MR) is 167 cm³/mol. The molecule has 1 aromatic heterocycles. The molecular formula is C32H42ClN5O3. The molecule has 0 saturated carbocycles. The Hall–Kier alpha value is -3.20. The first kappa shape index (κ1) is 30.8. The molecule has 2 aromatic carbocycles. The lowest BCUT2D eigenvalue weighted by Crippen LogP contribution is -2.36. The summed E-state index contributed by atoms with van der Waals surface area (Å²) in [6.45, 7) is 9.72. The van der Waals surface area contributed by atoms with E-state index in [0.29, 0.717) is 23.7 Å². The highest BCUT2D eigenvalue weighted by molar-refractivity contribution is 6.31. The number of pyridine rings is 1. The summed E-state index contributed by atoms with van der Waals surface area (Å²) in [4.78, 5) is 34.4. The fourth-order valence-electron chi connectivity index (χ4n) is 5.21. The van der Waals surface area contributed by atoms with E-state index in [0.717, 1.165) is 86.2 Å². The van der Waals surface area contributed by atoms with Gasteiger partial charge in [0.2, 0.25) is 5.91 Å². The molecule has 0 spiro atoms. The predicted octanol–water partition coefficient (Wildman–Crippen LogP) is 6.61. The number of hydrogen-bond donors (Lipinski definition) is 2. The van der Waals surface area contributed by atoms with Crippen LogP contribution in [0.1, 0.15) is 57.9 Å². The van der Waals surface area contributed by atoms with Crippen molar-refractivity contribution in [1.29, 1.82) is 0 Å². The Balaban J connectivity index is 1.45. The van der Waals surface area contributed by atoms with E-state index in [4.69, 9.17) is 16.3 Å². The molecular weight excluding hydrogens is 538 g/mol. The second-order valence-electron chi connectivity index (χ2n) is 10.6. The number of carbonyl (C=O) groups is 2.